The molecule has 1 fully saturated rings. The fraction of sp³-hybridized carbons (Fsp3) is 0.318. The number of halogens is 1. The fourth-order valence-corrected chi connectivity index (χ4v) is 3.57. The van der Waals surface area contributed by atoms with Crippen LogP contribution in [-0.2, 0) is 4.79 Å². The fourth-order valence-electron chi connectivity index (χ4n) is 3.29. The number of carbonyl (C=O) groups excluding carboxylic acids is 1. The van der Waals surface area contributed by atoms with Gasteiger partial charge in [0.1, 0.15) is 0 Å². The summed E-state index contributed by atoms with van der Waals surface area (Å²) in [6.45, 7) is 4.92. The molecule has 1 amide bonds. The molecule has 3 aromatic rings. The van der Waals surface area contributed by atoms with Gasteiger partial charge in [-0.2, -0.15) is 0 Å². The minimum Gasteiger partial charge on any atom is -0.356 e. The first-order valence-corrected chi connectivity index (χ1v) is 9.98. The Bertz CT molecular complexity index is 1050. The van der Waals surface area contributed by atoms with Gasteiger partial charge in [0.05, 0.1) is 16.5 Å². The van der Waals surface area contributed by atoms with Crippen LogP contribution in [0.5, 0.6) is 0 Å². The third-order valence-electron chi connectivity index (χ3n) is 4.58. The number of amides is 1. The molecule has 2 aromatic heterocycles. The van der Waals surface area contributed by atoms with E-state index in [-0.39, 0.29) is 17.4 Å². The first-order valence-electron chi connectivity index (χ1n) is 9.60. The summed E-state index contributed by atoms with van der Waals surface area (Å²) in [5.41, 5.74) is 2.47. The van der Waals surface area contributed by atoms with E-state index in [0.717, 1.165) is 22.9 Å². The highest BCUT2D eigenvalue weighted by Crippen LogP contribution is 2.29. The van der Waals surface area contributed by atoms with Gasteiger partial charge in [-0.15, -0.1) is 0 Å². The van der Waals surface area contributed by atoms with E-state index in [1.807, 2.05) is 30.3 Å². The number of nitrogens with zero attached hydrogens (tertiary/aromatic N) is 1. The summed E-state index contributed by atoms with van der Waals surface area (Å²) in [5, 5.41) is 4.26. The van der Waals surface area contributed by atoms with Gasteiger partial charge in [0.15, 0.2) is 0 Å². The largest absolute Gasteiger partial charge is 0.356 e. The Morgan fingerprint density at radius 1 is 1.18 bits per heavy atom. The van der Waals surface area contributed by atoms with Crippen LogP contribution in [0.15, 0.2) is 47.4 Å². The molecule has 1 aromatic carbocycles. The third-order valence-corrected chi connectivity index (χ3v) is 4.89. The second kappa shape index (κ2) is 9.02. The average Bonchev–Trinajstić information content (AvgIpc) is 2.69. The standard InChI is InChI=1S/C19H16ClN3O2.C3H8/c20-15-9-11(10-17-14(15)4-2-7-21-17)16-6-5-13(19(25)23-16)12-3-1-8-22-18(12)24;1-3-2/h2,4-7,9-10,12H,1,3,8H2,(H,22,24)(H,23,25);3H2,1-2H3. The average molecular weight is 398 g/mol. The molecule has 0 aliphatic carbocycles. The second-order valence-corrected chi connectivity index (χ2v) is 7.28. The number of carbonyl (C=O) groups is 1. The Kier molecular flexibility index (Phi) is 6.47. The number of piperidine rings is 1. The molecule has 146 valence electrons. The number of aromatic amines is 1. The Hall–Kier alpha value is -2.66. The van der Waals surface area contributed by atoms with Crippen molar-refractivity contribution in [3.05, 3.63) is 63.5 Å². The quantitative estimate of drug-likeness (QED) is 0.660. The van der Waals surface area contributed by atoms with Gasteiger partial charge in [0.25, 0.3) is 5.56 Å². The van der Waals surface area contributed by atoms with Gasteiger partial charge in [0, 0.05) is 34.9 Å². The van der Waals surface area contributed by atoms with Crippen molar-refractivity contribution in [2.45, 2.75) is 39.0 Å². The molecule has 4 rings (SSSR count). The smallest absolute Gasteiger partial charge is 0.252 e. The van der Waals surface area contributed by atoms with E-state index >= 15 is 0 Å². The first kappa shape index (κ1) is 20.1. The van der Waals surface area contributed by atoms with Gasteiger partial charge in [0.2, 0.25) is 5.91 Å². The van der Waals surface area contributed by atoms with Crippen molar-refractivity contribution in [2.75, 3.05) is 6.54 Å². The highest BCUT2D eigenvalue weighted by Gasteiger charge is 2.26. The number of aromatic nitrogens is 2. The topological polar surface area (TPSA) is 74.8 Å². The summed E-state index contributed by atoms with van der Waals surface area (Å²) in [6, 6.07) is 11.0. The highest BCUT2D eigenvalue weighted by molar-refractivity contribution is 6.35. The number of benzene rings is 1. The van der Waals surface area contributed by atoms with Crippen LogP contribution >= 0.6 is 11.6 Å². The van der Waals surface area contributed by atoms with Crippen molar-refractivity contribution in [3.8, 4) is 11.3 Å². The molecule has 5 nitrogen and oxygen atoms in total. The van der Waals surface area contributed by atoms with Gasteiger partial charge >= 0.3 is 0 Å². The van der Waals surface area contributed by atoms with Crippen molar-refractivity contribution in [1.82, 2.24) is 15.3 Å². The van der Waals surface area contributed by atoms with Gasteiger partial charge in [-0.25, -0.2) is 0 Å². The van der Waals surface area contributed by atoms with Crippen LogP contribution in [0.25, 0.3) is 22.2 Å². The Labute approximate surface area is 169 Å². The molecule has 1 unspecified atom stereocenters. The number of hydrogen-bond acceptors (Lipinski definition) is 3. The third kappa shape index (κ3) is 4.25. The van der Waals surface area contributed by atoms with Crippen molar-refractivity contribution in [3.63, 3.8) is 0 Å². The molecule has 0 bridgehead atoms. The SMILES string of the molecule is CCC.O=C1NCCCC1c1ccc(-c2cc(Cl)c3cccnc3c2)[nH]c1=O. The summed E-state index contributed by atoms with van der Waals surface area (Å²) < 4.78 is 0. The minimum atomic E-state index is -0.381. The van der Waals surface area contributed by atoms with E-state index in [1.54, 1.807) is 12.3 Å². The second-order valence-electron chi connectivity index (χ2n) is 6.88. The zero-order valence-corrected chi connectivity index (χ0v) is 16.8. The van der Waals surface area contributed by atoms with Crippen molar-refractivity contribution in [1.29, 1.82) is 0 Å². The van der Waals surface area contributed by atoms with E-state index in [4.69, 9.17) is 11.6 Å². The number of nitrogens with one attached hydrogen (secondary N) is 2. The van der Waals surface area contributed by atoms with Crippen molar-refractivity contribution < 1.29 is 4.79 Å². The summed E-state index contributed by atoms with van der Waals surface area (Å²) in [4.78, 5) is 31.7. The first-order chi connectivity index (χ1) is 13.5. The van der Waals surface area contributed by atoms with Crippen LogP contribution in [0.2, 0.25) is 5.02 Å². The van der Waals surface area contributed by atoms with Crippen LogP contribution in [-0.4, -0.2) is 22.4 Å². The van der Waals surface area contributed by atoms with Crippen LogP contribution in [0.1, 0.15) is 44.6 Å². The van der Waals surface area contributed by atoms with Crippen molar-refractivity contribution in [2.24, 2.45) is 0 Å². The van der Waals surface area contributed by atoms with Crippen LogP contribution in [0.4, 0.5) is 0 Å². The van der Waals surface area contributed by atoms with Gasteiger partial charge in [-0.3, -0.25) is 14.6 Å². The molecule has 0 spiro atoms. The maximum absolute atomic E-state index is 12.5. The van der Waals surface area contributed by atoms with Crippen LogP contribution in [0, 0.1) is 0 Å². The lowest BCUT2D eigenvalue weighted by molar-refractivity contribution is -0.123. The molecule has 1 aliphatic heterocycles. The zero-order chi connectivity index (χ0) is 20.1. The summed E-state index contributed by atoms with van der Waals surface area (Å²) >= 11 is 6.34. The lowest BCUT2D eigenvalue weighted by Crippen LogP contribution is -2.37. The van der Waals surface area contributed by atoms with Gasteiger partial charge in [-0.05, 0) is 43.2 Å². The molecule has 3 heterocycles. The molecular weight excluding hydrogens is 374 g/mol. The minimum absolute atomic E-state index is 0.0811. The highest BCUT2D eigenvalue weighted by atomic mass is 35.5. The predicted octanol–water partition coefficient (Wildman–Crippen LogP) is 4.65. The van der Waals surface area contributed by atoms with Crippen LogP contribution in [0.3, 0.4) is 0 Å². The van der Waals surface area contributed by atoms with E-state index in [2.05, 4.69) is 29.1 Å². The molecule has 6 heteroatoms. The van der Waals surface area contributed by atoms with E-state index in [0.29, 0.717) is 29.2 Å². The van der Waals surface area contributed by atoms with Gasteiger partial charge < -0.3 is 10.3 Å². The normalized spacial score (nSPS) is 16.2. The lowest BCUT2D eigenvalue weighted by Gasteiger charge is -2.21. The summed E-state index contributed by atoms with van der Waals surface area (Å²) in [5.74, 6) is -0.462. The van der Waals surface area contributed by atoms with E-state index in [9.17, 15) is 9.59 Å². The monoisotopic (exact) mass is 397 g/mol. The molecule has 1 saturated heterocycles. The number of rotatable bonds is 2. The zero-order valence-electron chi connectivity index (χ0n) is 16.1. The molecule has 28 heavy (non-hydrogen) atoms. The molecule has 0 radical (unpaired) electrons. The predicted molar refractivity (Wildman–Crippen MR) is 114 cm³/mol. The number of pyridine rings is 2. The number of hydrogen-bond donors (Lipinski definition) is 2. The Morgan fingerprint density at radius 3 is 2.68 bits per heavy atom. The van der Waals surface area contributed by atoms with E-state index < -0.39 is 0 Å². The number of fused-ring (bicyclic) bond motifs is 1. The Balaban J connectivity index is 0.000000706. The Morgan fingerprint density at radius 2 is 1.96 bits per heavy atom. The summed E-state index contributed by atoms with van der Waals surface area (Å²) in [7, 11) is 0. The lowest BCUT2D eigenvalue weighted by atomic mass is 9.91. The molecule has 0 saturated carbocycles. The van der Waals surface area contributed by atoms with Gasteiger partial charge in [-0.1, -0.05) is 37.9 Å². The van der Waals surface area contributed by atoms with Crippen LogP contribution < -0.4 is 10.9 Å². The van der Waals surface area contributed by atoms with E-state index in [1.165, 1.54) is 6.42 Å². The molecule has 1 aliphatic rings. The number of H-pyrrole nitrogens is 1. The van der Waals surface area contributed by atoms with Crippen molar-refractivity contribution >= 4 is 28.4 Å². The molecular formula is C22H24ClN3O2. The summed E-state index contributed by atoms with van der Waals surface area (Å²) in [6.07, 6.45) is 4.53. The molecule has 2 N–H and O–H groups in total. The maximum atomic E-state index is 12.5. The molecule has 1 atom stereocenters. The maximum Gasteiger partial charge on any atom is 0.252 e.